The number of halogens is 1. The molecule has 2 unspecified atom stereocenters. The summed E-state index contributed by atoms with van der Waals surface area (Å²) in [5, 5.41) is 10.7. The summed E-state index contributed by atoms with van der Waals surface area (Å²) in [6.45, 7) is 2.75. The second-order valence-electron chi connectivity index (χ2n) is 7.76. The Morgan fingerprint density at radius 1 is 1.09 bits per heavy atom. The number of para-hydroxylation sites is 1. The molecule has 1 aliphatic rings. The molecule has 0 saturated carbocycles. The summed E-state index contributed by atoms with van der Waals surface area (Å²) in [7, 11) is 4.80. The lowest BCUT2D eigenvalue weighted by molar-refractivity contribution is 0.0312. The first-order valence-corrected chi connectivity index (χ1v) is 11.5. The van der Waals surface area contributed by atoms with Gasteiger partial charge in [0.1, 0.15) is 18.5 Å². The van der Waals surface area contributed by atoms with Gasteiger partial charge in [0, 0.05) is 26.2 Å². The number of benzene rings is 2. The maximum absolute atomic E-state index is 10.7. The fourth-order valence-corrected chi connectivity index (χ4v) is 4.26. The standard InChI is InChI=1S/C24H32BrNO6/c1-28-22-11-17(12-23(29-2)24(22)30-3)13-26(15-19-7-6-10-31-19)14-18(27)16-32-21-9-5-4-8-20(21)25/h4-5,8-9,11-12,18-19,27H,6-7,10,13-16H2,1-3H3. The molecule has 0 aliphatic carbocycles. The van der Waals surface area contributed by atoms with E-state index in [9.17, 15) is 5.11 Å². The van der Waals surface area contributed by atoms with Gasteiger partial charge < -0.3 is 28.8 Å². The van der Waals surface area contributed by atoms with E-state index in [-0.39, 0.29) is 12.7 Å². The van der Waals surface area contributed by atoms with Crippen LogP contribution in [0.1, 0.15) is 18.4 Å². The van der Waals surface area contributed by atoms with Crippen LogP contribution in [0.2, 0.25) is 0 Å². The smallest absolute Gasteiger partial charge is 0.203 e. The summed E-state index contributed by atoms with van der Waals surface area (Å²) in [5.74, 6) is 2.49. The van der Waals surface area contributed by atoms with Crippen molar-refractivity contribution in [2.45, 2.75) is 31.6 Å². The monoisotopic (exact) mass is 509 g/mol. The Kier molecular flexibility index (Phi) is 9.47. The fourth-order valence-electron chi connectivity index (χ4n) is 3.86. The molecule has 32 heavy (non-hydrogen) atoms. The van der Waals surface area contributed by atoms with E-state index in [1.54, 1.807) is 21.3 Å². The number of ether oxygens (including phenoxy) is 5. The van der Waals surface area contributed by atoms with E-state index in [1.807, 2.05) is 36.4 Å². The zero-order chi connectivity index (χ0) is 22.9. The van der Waals surface area contributed by atoms with Crippen LogP contribution in [0.25, 0.3) is 0 Å². The van der Waals surface area contributed by atoms with Crippen LogP contribution in [0.15, 0.2) is 40.9 Å². The maximum atomic E-state index is 10.7. The van der Waals surface area contributed by atoms with Crippen molar-refractivity contribution >= 4 is 15.9 Å². The van der Waals surface area contributed by atoms with Crippen LogP contribution in [0.5, 0.6) is 23.0 Å². The first kappa shape index (κ1) is 24.6. The van der Waals surface area contributed by atoms with Gasteiger partial charge in [-0.25, -0.2) is 0 Å². The third-order valence-corrected chi connectivity index (χ3v) is 6.01. The van der Waals surface area contributed by atoms with Crippen molar-refractivity contribution in [2.24, 2.45) is 0 Å². The predicted molar refractivity (Wildman–Crippen MR) is 126 cm³/mol. The van der Waals surface area contributed by atoms with Gasteiger partial charge in [-0.05, 0) is 58.6 Å². The second-order valence-corrected chi connectivity index (χ2v) is 8.61. The minimum absolute atomic E-state index is 0.161. The van der Waals surface area contributed by atoms with Gasteiger partial charge in [-0.15, -0.1) is 0 Å². The lowest BCUT2D eigenvalue weighted by Gasteiger charge is -2.28. The molecule has 1 N–H and O–H groups in total. The SMILES string of the molecule is COc1cc(CN(CC(O)COc2ccccc2Br)CC2CCCO2)cc(OC)c1OC. The fraction of sp³-hybridized carbons (Fsp3) is 0.500. The van der Waals surface area contributed by atoms with Crippen molar-refractivity contribution in [3.05, 3.63) is 46.4 Å². The average molecular weight is 510 g/mol. The molecule has 2 aromatic carbocycles. The average Bonchev–Trinajstić information content (AvgIpc) is 3.30. The lowest BCUT2D eigenvalue weighted by Crippen LogP contribution is -2.39. The number of nitrogens with zero attached hydrogens (tertiary/aromatic N) is 1. The molecule has 1 aliphatic heterocycles. The van der Waals surface area contributed by atoms with Crippen molar-refractivity contribution < 1.29 is 28.8 Å². The van der Waals surface area contributed by atoms with E-state index in [0.717, 1.165) is 36.0 Å². The first-order chi connectivity index (χ1) is 15.5. The molecule has 0 spiro atoms. The van der Waals surface area contributed by atoms with Crippen molar-refractivity contribution in [1.29, 1.82) is 0 Å². The first-order valence-electron chi connectivity index (χ1n) is 10.7. The summed E-state index contributed by atoms with van der Waals surface area (Å²) in [6, 6.07) is 11.5. The molecular weight excluding hydrogens is 478 g/mol. The normalized spacial score (nSPS) is 16.8. The highest BCUT2D eigenvalue weighted by Crippen LogP contribution is 2.38. The van der Waals surface area contributed by atoms with Crippen LogP contribution in [0.3, 0.4) is 0 Å². The summed E-state index contributed by atoms with van der Waals surface area (Å²) in [4.78, 5) is 2.19. The molecule has 2 atom stereocenters. The van der Waals surface area contributed by atoms with Crippen molar-refractivity contribution in [1.82, 2.24) is 4.90 Å². The second kappa shape index (κ2) is 12.3. The van der Waals surface area contributed by atoms with Gasteiger partial charge in [-0.2, -0.15) is 0 Å². The molecule has 0 radical (unpaired) electrons. The predicted octanol–water partition coefficient (Wildman–Crippen LogP) is 3.90. The van der Waals surface area contributed by atoms with Gasteiger partial charge in [0.25, 0.3) is 0 Å². The molecule has 0 amide bonds. The van der Waals surface area contributed by atoms with Crippen molar-refractivity contribution in [2.75, 3.05) is 47.6 Å². The molecule has 1 heterocycles. The van der Waals surface area contributed by atoms with E-state index < -0.39 is 6.10 Å². The van der Waals surface area contributed by atoms with Gasteiger partial charge in [-0.3, -0.25) is 4.90 Å². The van der Waals surface area contributed by atoms with Crippen LogP contribution >= 0.6 is 15.9 Å². The number of hydrogen-bond donors (Lipinski definition) is 1. The Morgan fingerprint density at radius 2 is 1.81 bits per heavy atom. The van der Waals surface area contributed by atoms with Gasteiger partial charge >= 0.3 is 0 Å². The number of aliphatic hydroxyl groups is 1. The van der Waals surface area contributed by atoms with Crippen LogP contribution < -0.4 is 18.9 Å². The van der Waals surface area contributed by atoms with Gasteiger partial charge in [0.15, 0.2) is 11.5 Å². The minimum Gasteiger partial charge on any atom is -0.493 e. The number of methoxy groups -OCH3 is 3. The Balaban J connectivity index is 1.70. The van der Waals surface area contributed by atoms with Crippen molar-refractivity contribution in [3.8, 4) is 23.0 Å². The Morgan fingerprint density at radius 3 is 2.41 bits per heavy atom. The molecule has 0 aromatic heterocycles. The van der Waals surface area contributed by atoms with Gasteiger partial charge in [0.05, 0.1) is 31.9 Å². The minimum atomic E-state index is -0.662. The summed E-state index contributed by atoms with van der Waals surface area (Å²) >= 11 is 3.47. The number of hydrogen-bond acceptors (Lipinski definition) is 7. The quantitative estimate of drug-likeness (QED) is 0.465. The molecule has 1 fully saturated rings. The Hall–Kier alpha value is -2.00. The number of rotatable bonds is 12. The highest BCUT2D eigenvalue weighted by Gasteiger charge is 2.23. The lowest BCUT2D eigenvalue weighted by atomic mass is 10.1. The molecular formula is C24H32BrNO6. The summed E-state index contributed by atoms with van der Waals surface area (Å²) < 4.78 is 28.9. The van der Waals surface area contributed by atoms with E-state index in [0.29, 0.717) is 36.1 Å². The van der Waals surface area contributed by atoms with Gasteiger partial charge in [0.2, 0.25) is 5.75 Å². The zero-order valence-electron chi connectivity index (χ0n) is 18.9. The zero-order valence-corrected chi connectivity index (χ0v) is 20.5. The topological polar surface area (TPSA) is 69.6 Å². The molecule has 2 aromatic rings. The third kappa shape index (κ3) is 6.75. The van der Waals surface area contributed by atoms with Crippen molar-refractivity contribution in [3.63, 3.8) is 0 Å². The van der Waals surface area contributed by atoms with Crippen LogP contribution in [-0.4, -0.2) is 69.8 Å². The van der Waals surface area contributed by atoms with Crippen LogP contribution in [0, 0.1) is 0 Å². The molecule has 3 rings (SSSR count). The van der Waals surface area contributed by atoms with Gasteiger partial charge in [-0.1, -0.05) is 12.1 Å². The van der Waals surface area contributed by atoms with E-state index in [4.69, 9.17) is 23.7 Å². The third-order valence-electron chi connectivity index (χ3n) is 5.35. The van der Waals surface area contributed by atoms with Crippen LogP contribution in [-0.2, 0) is 11.3 Å². The highest BCUT2D eigenvalue weighted by atomic mass is 79.9. The Labute approximate surface area is 198 Å². The molecule has 8 heteroatoms. The molecule has 7 nitrogen and oxygen atoms in total. The van der Waals surface area contributed by atoms with E-state index >= 15 is 0 Å². The van der Waals surface area contributed by atoms with E-state index in [1.165, 1.54) is 0 Å². The van der Waals surface area contributed by atoms with E-state index in [2.05, 4.69) is 20.8 Å². The largest absolute Gasteiger partial charge is 0.493 e. The highest BCUT2D eigenvalue weighted by molar-refractivity contribution is 9.10. The Bertz CT molecular complexity index is 833. The molecule has 176 valence electrons. The summed E-state index contributed by atoms with van der Waals surface area (Å²) in [5.41, 5.74) is 0.997. The molecule has 1 saturated heterocycles. The number of aliphatic hydroxyl groups excluding tert-OH is 1. The molecule has 0 bridgehead atoms. The van der Waals surface area contributed by atoms with Crippen LogP contribution in [0.4, 0.5) is 0 Å². The summed E-state index contributed by atoms with van der Waals surface area (Å²) in [6.07, 6.45) is 1.59. The maximum Gasteiger partial charge on any atom is 0.203 e.